The Hall–Kier alpha value is -2.70. The van der Waals surface area contributed by atoms with Crippen molar-refractivity contribution in [2.75, 3.05) is 18.1 Å². The average Bonchev–Trinajstić information content (AvgIpc) is 3.32. The number of hydrogen-bond acceptors (Lipinski definition) is 5. The Balaban J connectivity index is 1.80. The van der Waals surface area contributed by atoms with Crippen LogP contribution in [0.25, 0.3) is 5.69 Å². The highest BCUT2D eigenvalue weighted by molar-refractivity contribution is 7.88. The number of halogens is 3. The first-order valence-electron chi connectivity index (χ1n) is 8.59. The molecule has 0 bridgehead atoms. The maximum atomic E-state index is 13.1. The Bertz CT molecular complexity index is 1140. The normalized spacial score (nSPS) is 12.1. The van der Waals surface area contributed by atoms with Crippen molar-refractivity contribution in [3.8, 4) is 5.69 Å². The first-order chi connectivity index (χ1) is 14.0. The van der Waals surface area contributed by atoms with E-state index in [4.69, 9.17) is 0 Å². The lowest BCUT2D eigenvalue weighted by atomic mass is 10.1. The molecule has 0 saturated heterocycles. The molecule has 3 rings (SSSR count). The lowest BCUT2D eigenvalue weighted by molar-refractivity contribution is -0.137. The summed E-state index contributed by atoms with van der Waals surface area (Å²) in [5.41, 5.74) is -0.643. The van der Waals surface area contributed by atoms with E-state index in [-0.39, 0.29) is 22.8 Å². The molecule has 2 aromatic heterocycles. The van der Waals surface area contributed by atoms with Crippen LogP contribution in [0.2, 0.25) is 0 Å². The number of hydrogen-bond donors (Lipinski definition) is 2. The zero-order valence-corrected chi connectivity index (χ0v) is 17.2. The quantitative estimate of drug-likeness (QED) is 0.568. The lowest BCUT2D eigenvalue weighted by Gasteiger charge is -2.14. The van der Waals surface area contributed by atoms with Crippen molar-refractivity contribution in [2.45, 2.75) is 12.6 Å². The summed E-state index contributed by atoms with van der Waals surface area (Å²) in [5.74, 6) is -0.574. The third-order valence-corrected chi connectivity index (χ3v) is 5.82. The molecule has 7 nitrogen and oxygen atoms in total. The molecule has 0 spiro atoms. The van der Waals surface area contributed by atoms with Gasteiger partial charge in [0.05, 0.1) is 28.1 Å². The van der Waals surface area contributed by atoms with Crippen molar-refractivity contribution < 1.29 is 26.4 Å². The maximum absolute atomic E-state index is 13.1. The highest BCUT2D eigenvalue weighted by Crippen LogP contribution is 2.33. The third kappa shape index (κ3) is 5.68. The summed E-state index contributed by atoms with van der Waals surface area (Å²) in [6, 6.07) is 7.84. The largest absolute Gasteiger partial charge is 0.416 e. The minimum absolute atomic E-state index is 0.0350. The molecule has 0 aliphatic heterocycles. The van der Waals surface area contributed by atoms with Crippen LogP contribution in [-0.4, -0.2) is 36.9 Å². The molecule has 3 aromatic rings. The predicted molar refractivity (Wildman–Crippen MR) is 107 cm³/mol. The highest BCUT2D eigenvalue weighted by Gasteiger charge is 2.31. The van der Waals surface area contributed by atoms with Crippen LogP contribution in [-0.2, 0) is 22.6 Å². The predicted octanol–water partition coefficient (Wildman–Crippen LogP) is 3.30. The van der Waals surface area contributed by atoms with Gasteiger partial charge in [0.15, 0.2) is 0 Å². The van der Waals surface area contributed by atoms with Crippen LogP contribution >= 0.6 is 11.3 Å². The second-order valence-corrected chi connectivity index (χ2v) is 9.32. The number of anilines is 1. The molecular weight excluding hydrogens is 441 g/mol. The van der Waals surface area contributed by atoms with Crippen LogP contribution in [0.1, 0.15) is 20.1 Å². The van der Waals surface area contributed by atoms with Gasteiger partial charge < -0.3 is 5.32 Å². The first-order valence-corrected chi connectivity index (χ1v) is 11.3. The van der Waals surface area contributed by atoms with Gasteiger partial charge in [-0.05, 0) is 42.8 Å². The SMILES string of the molecule is CS(=O)(=O)NCCc1ccc(C(=O)Nc2cc(C(F)(F)F)ccc2-n2cccn2)s1. The zero-order valence-electron chi connectivity index (χ0n) is 15.6. The van der Waals surface area contributed by atoms with Crippen LogP contribution in [0, 0.1) is 0 Å². The van der Waals surface area contributed by atoms with Crippen LogP contribution in [0.5, 0.6) is 0 Å². The summed E-state index contributed by atoms with van der Waals surface area (Å²) in [6.07, 6.45) is -0.111. The number of benzene rings is 1. The lowest BCUT2D eigenvalue weighted by Crippen LogP contribution is -2.24. The topological polar surface area (TPSA) is 93.1 Å². The molecule has 0 aliphatic carbocycles. The van der Waals surface area contributed by atoms with Gasteiger partial charge in [0.1, 0.15) is 0 Å². The van der Waals surface area contributed by atoms with Gasteiger partial charge in [0, 0.05) is 23.8 Å². The van der Waals surface area contributed by atoms with E-state index in [0.717, 1.165) is 34.6 Å². The van der Waals surface area contributed by atoms with E-state index < -0.39 is 27.7 Å². The number of carbonyl (C=O) groups is 1. The van der Waals surface area contributed by atoms with Gasteiger partial charge in [-0.15, -0.1) is 11.3 Å². The molecule has 0 saturated carbocycles. The van der Waals surface area contributed by atoms with E-state index in [1.54, 1.807) is 18.3 Å². The Labute approximate surface area is 174 Å². The fraction of sp³-hybridized carbons (Fsp3) is 0.222. The molecule has 12 heteroatoms. The molecule has 30 heavy (non-hydrogen) atoms. The molecular formula is C18H17F3N4O3S2. The Morgan fingerprint density at radius 3 is 2.63 bits per heavy atom. The van der Waals surface area contributed by atoms with E-state index in [9.17, 15) is 26.4 Å². The molecule has 0 radical (unpaired) electrons. The summed E-state index contributed by atoms with van der Waals surface area (Å²) < 4.78 is 65.3. The van der Waals surface area contributed by atoms with Gasteiger partial charge in [0.25, 0.3) is 5.91 Å². The minimum Gasteiger partial charge on any atom is -0.319 e. The summed E-state index contributed by atoms with van der Waals surface area (Å²) in [7, 11) is -3.31. The van der Waals surface area contributed by atoms with Gasteiger partial charge in [-0.1, -0.05) is 0 Å². The van der Waals surface area contributed by atoms with E-state index in [2.05, 4.69) is 15.1 Å². The van der Waals surface area contributed by atoms with Crippen LogP contribution in [0.3, 0.4) is 0 Å². The second-order valence-electron chi connectivity index (χ2n) is 6.32. The highest BCUT2D eigenvalue weighted by atomic mass is 32.2. The number of carbonyl (C=O) groups excluding carboxylic acids is 1. The standard InChI is InChI=1S/C18H17F3N4O3S2/c1-30(27,28)23-9-7-13-4-6-16(29-13)17(26)24-14-11-12(18(19,20)21)3-5-15(14)25-10-2-8-22-25/h2-6,8,10-11,23H,7,9H2,1H3,(H,24,26). The van der Waals surface area contributed by atoms with Crippen molar-refractivity contribution in [1.29, 1.82) is 0 Å². The number of aromatic nitrogens is 2. The molecule has 0 aliphatic rings. The van der Waals surface area contributed by atoms with Crippen molar-refractivity contribution in [3.05, 3.63) is 64.1 Å². The van der Waals surface area contributed by atoms with Gasteiger partial charge >= 0.3 is 6.18 Å². The molecule has 0 fully saturated rings. The monoisotopic (exact) mass is 458 g/mol. The number of thiophene rings is 1. The van der Waals surface area contributed by atoms with E-state index >= 15 is 0 Å². The molecule has 160 valence electrons. The number of sulfonamides is 1. The van der Waals surface area contributed by atoms with Crippen molar-refractivity contribution >= 4 is 33.0 Å². The van der Waals surface area contributed by atoms with Crippen molar-refractivity contribution in [2.24, 2.45) is 0 Å². The number of nitrogens with one attached hydrogen (secondary N) is 2. The number of amides is 1. The number of rotatable bonds is 7. The average molecular weight is 458 g/mol. The first kappa shape index (κ1) is 22.0. The third-order valence-electron chi connectivity index (χ3n) is 3.94. The van der Waals surface area contributed by atoms with Crippen LogP contribution < -0.4 is 10.0 Å². The maximum Gasteiger partial charge on any atom is 0.416 e. The Morgan fingerprint density at radius 1 is 1.23 bits per heavy atom. The van der Waals surface area contributed by atoms with E-state index in [1.807, 2.05) is 0 Å². The fourth-order valence-corrected chi connectivity index (χ4v) is 3.98. The molecule has 0 unspecified atom stereocenters. The molecule has 0 atom stereocenters. The van der Waals surface area contributed by atoms with E-state index in [0.29, 0.717) is 6.42 Å². The zero-order chi connectivity index (χ0) is 21.9. The molecule has 2 heterocycles. The van der Waals surface area contributed by atoms with Crippen molar-refractivity contribution in [1.82, 2.24) is 14.5 Å². The molecule has 1 aromatic carbocycles. The van der Waals surface area contributed by atoms with Gasteiger partial charge in [0.2, 0.25) is 10.0 Å². The summed E-state index contributed by atoms with van der Waals surface area (Å²) in [6.45, 7) is 0.178. The van der Waals surface area contributed by atoms with Gasteiger partial charge in [-0.25, -0.2) is 17.8 Å². The Morgan fingerprint density at radius 2 is 2.00 bits per heavy atom. The summed E-state index contributed by atoms with van der Waals surface area (Å²) in [5, 5.41) is 6.53. The molecule has 1 amide bonds. The van der Waals surface area contributed by atoms with Crippen molar-refractivity contribution in [3.63, 3.8) is 0 Å². The van der Waals surface area contributed by atoms with Crippen LogP contribution in [0.4, 0.5) is 18.9 Å². The molecule has 2 N–H and O–H groups in total. The number of nitrogens with zero attached hydrogens (tertiary/aromatic N) is 2. The smallest absolute Gasteiger partial charge is 0.319 e. The number of alkyl halides is 3. The van der Waals surface area contributed by atoms with Gasteiger partial charge in [-0.2, -0.15) is 18.3 Å². The van der Waals surface area contributed by atoms with Gasteiger partial charge in [-0.3, -0.25) is 4.79 Å². The summed E-state index contributed by atoms with van der Waals surface area (Å²) >= 11 is 1.13. The summed E-state index contributed by atoms with van der Waals surface area (Å²) in [4.78, 5) is 13.7. The minimum atomic E-state index is -4.56. The second kappa shape index (κ2) is 8.58. The Kier molecular flexibility index (Phi) is 6.29. The van der Waals surface area contributed by atoms with Crippen LogP contribution in [0.15, 0.2) is 48.8 Å². The fourth-order valence-electron chi connectivity index (χ4n) is 2.60. The van der Waals surface area contributed by atoms with E-state index in [1.165, 1.54) is 23.0 Å².